The topological polar surface area (TPSA) is 77.8 Å². The molecule has 1 fully saturated rings. The Hall–Kier alpha value is 0.110. The van der Waals surface area contributed by atoms with E-state index < -0.39 is 22.0 Å². The molecule has 8 heteroatoms. The zero-order valence-electron chi connectivity index (χ0n) is 10.0. The summed E-state index contributed by atoms with van der Waals surface area (Å²) in [5, 5.41) is 9.66. The lowest BCUT2D eigenvalue weighted by Gasteiger charge is -2.35. The van der Waals surface area contributed by atoms with Gasteiger partial charge in [0.25, 0.3) is 10.1 Å². The molecular weight excluding hydrogens is 294 g/mol. The van der Waals surface area contributed by atoms with Crippen LogP contribution in [0.4, 0.5) is 0 Å². The van der Waals surface area contributed by atoms with Gasteiger partial charge in [-0.3, -0.25) is 4.55 Å². The molecule has 1 saturated carbocycles. The van der Waals surface area contributed by atoms with Gasteiger partial charge in [0.2, 0.25) is 0 Å². The van der Waals surface area contributed by atoms with Crippen LogP contribution in [-0.2, 0) is 10.1 Å². The predicted molar refractivity (Wildman–Crippen MR) is 77.6 cm³/mol. The molecule has 2 N–H and O–H groups in total. The number of aliphatic hydroxyl groups is 1. The van der Waals surface area contributed by atoms with E-state index in [1.807, 2.05) is 0 Å². The highest BCUT2D eigenvalue weighted by Gasteiger charge is 2.25. The maximum absolute atomic E-state index is 10.7. The lowest BCUT2D eigenvalue weighted by molar-refractivity contribution is 0.133. The first-order valence-corrected chi connectivity index (χ1v) is 8.39. The zero-order chi connectivity index (χ0) is 13.8. The minimum absolute atomic E-state index is 0.0901. The smallest absolute Gasteiger partial charge is 0.267 e. The van der Waals surface area contributed by atoms with Crippen LogP contribution >= 0.6 is 24.8 Å². The number of hydrogen-bond acceptors (Lipinski definition) is 4. The Bertz CT molecular complexity index is 379. The number of hydrogen-bond donors (Lipinski definition) is 3. The Balaban J connectivity index is 2.59. The van der Waals surface area contributed by atoms with E-state index in [2.05, 4.69) is 12.6 Å². The summed E-state index contributed by atoms with van der Waals surface area (Å²) in [5.41, 5.74) is 0. The summed E-state index contributed by atoms with van der Waals surface area (Å²) in [7, 11) is -4.17. The molecule has 1 rings (SSSR count). The van der Waals surface area contributed by atoms with E-state index in [9.17, 15) is 13.5 Å². The van der Waals surface area contributed by atoms with Crippen molar-refractivity contribution in [1.29, 1.82) is 0 Å². The molecule has 0 radical (unpaired) electrons. The zero-order valence-corrected chi connectivity index (χ0v) is 12.6. The van der Waals surface area contributed by atoms with E-state index >= 15 is 0 Å². The Morgan fingerprint density at radius 2 is 1.94 bits per heavy atom. The van der Waals surface area contributed by atoms with Gasteiger partial charge in [-0.2, -0.15) is 8.42 Å². The normalized spacial score (nSPS) is 19.5. The van der Waals surface area contributed by atoms with Gasteiger partial charge in [-0.1, -0.05) is 31.5 Å². The molecule has 0 aromatic rings. The third kappa shape index (κ3) is 5.83. The monoisotopic (exact) mass is 313 g/mol. The second kappa shape index (κ2) is 7.04. The van der Waals surface area contributed by atoms with Gasteiger partial charge in [0.1, 0.15) is 10.1 Å². The summed E-state index contributed by atoms with van der Waals surface area (Å²) in [6.07, 6.45) is 4.18. The standard InChI is InChI=1S/C10H19NO4S3/c12-9(7-18(13,14)15)6-11(10(16)17)8-4-2-1-3-5-8/h8-9,12H,1-7H2,(H,16,17)(H,13,14,15). The number of aliphatic hydroxyl groups excluding tert-OH is 1. The number of nitrogens with zero attached hydrogens (tertiary/aromatic N) is 1. The summed E-state index contributed by atoms with van der Waals surface area (Å²) in [6.45, 7) is 0.0901. The number of rotatable bonds is 5. The molecule has 1 aliphatic carbocycles. The summed E-state index contributed by atoms with van der Waals surface area (Å²) in [5.74, 6) is -0.674. The van der Waals surface area contributed by atoms with E-state index in [1.54, 1.807) is 4.90 Å². The molecule has 0 aromatic carbocycles. The van der Waals surface area contributed by atoms with Gasteiger partial charge in [0.15, 0.2) is 0 Å². The van der Waals surface area contributed by atoms with Crippen LogP contribution in [-0.4, -0.2) is 51.7 Å². The van der Waals surface area contributed by atoms with Gasteiger partial charge in [-0.05, 0) is 12.8 Å². The highest BCUT2D eigenvalue weighted by molar-refractivity contribution is 8.10. The second-order valence-electron chi connectivity index (χ2n) is 4.63. The molecule has 0 heterocycles. The second-order valence-corrected chi connectivity index (χ2v) is 7.24. The Labute approximate surface area is 119 Å². The highest BCUT2D eigenvalue weighted by atomic mass is 32.2. The average Bonchev–Trinajstić information content (AvgIpc) is 2.24. The molecule has 1 atom stereocenters. The Kier molecular flexibility index (Phi) is 6.32. The summed E-state index contributed by atoms with van der Waals surface area (Å²) < 4.78 is 30.4. The molecule has 0 aliphatic heterocycles. The summed E-state index contributed by atoms with van der Waals surface area (Å²) in [4.78, 5) is 1.76. The molecular formula is C10H19NO4S3. The van der Waals surface area contributed by atoms with Crippen LogP contribution < -0.4 is 0 Å². The Morgan fingerprint density at radius 3 is 2.39 bits per heavy atom. The Morgan fingerprint density at radius 1 is 1.39 bits per heavy atom. The largest absolute Gasteiger partial charge is 0.390 e. The highest BCUT2D eigenvalue weighted by Crippen LogP contribution is 2.24. The van der Waals surface area contributed by atoms with Crippen LogP contribution in [0.15, 0.2) is 0 Å². The van der Waals surface area contributed by atoms with Crippen molar-refractivity contribution in [3.63, 3.8) is 0 Å². The molecule has 106 valence electrons. The molecule has 18 heavy (non-hydrogen) atoms. The lowest BCUT2D eigenvalue weighted by atomic mass is 9.94. The molecule has 0 saturated heterocycles. The van der Waals surface area contributed by atoms with Crippen molar-refractivity contribution in [2.75, 3.05) is 12.3 Å². The van der Waals surface area contributed by atoms with E-state index in [0.29, 0.717) is 4.32 Å². The molecule has 0 amide bonds. The molecule has 5 nitrogen and oxygen atoms in total. The summed E-state index contributed by atoms with van der Waals surface area (Å²) in [6, 6.07) is 0.208. The van der Waals surface area contributed by atoms with Crippen LogP contribution in [0.3, 0.4) is 0 Å². The quantitative estimate of drug-likeness (QED) is 0.401. The van der Waals surface area contributed by atoms with Gasteiger partial charge < -0.3 is 10.0 Å². The summed E-state index contributed by atoms with van der Waals surface area (Å²) >= 11 is 9.15. The number of thiol groups is 1. The first-order valence-electron chi connectivity index (χ1n) is 5.92. The molecule has 1 unspecified atom stereocenters. The maximum atomic E-state index is 10.7. The fourth-order valence-electron chi connectivity index (χ4n) is 2.30. The van der Waals surface area contributed by atoms with E-state index in [1.165, 1.54) is 6.42 Å². The van der Waals surface area contributed by atoms with Crippen LogP contribution in [0.1, 0.15) is 32.1 Å². The van der Waals surface area contributed by atoms with Crippen LogP contribution in [0.25, 0.3) is 0 Å². The minimum Gasteiger partial charge on any atom is -0.390 e. The molecule has 1 aliphatic rings. The van der Waals surface area contributed by atoms with E-state index in [4.69, 9.17) is 16.8 Å². The molecule has 0 spiro atoms. The van der Waals surface area contributed by atoms with E-state index in [0.717, 1.165) is 25.7 Å². The first kappa shape index (κ1) is 16.2. The van der Waals surface area contributed by atoms with Crippen molar-refractivity contribution in [2.24, 2.45) is 0 Å². The van der Waals surface area contributed by atoms with Crippen molar-refractivity contribution >= 4 is 39.3 Å². The van der Waals surface area contributed by atoms with Crippen molar-refractivity contribution in [3.8, 4) is 0 Å². The van der Waals surface area contributed by atoms with Crippen molar-refractivity contribution in [1.82, 2.24) is 4.90 Å². The van der Waals surface area contributed by atoms with E-state index in [-0.39, 0.29) is 12.6 Å². The van der Waals surface area contributed by atoms with Gasteiger partial charge in [-0.25, -0.2) is 0 Å². The third-order valence-electron chi connectivity index (χ3n) is 3.07. The van der Waals surface area contributed by atoms with Crippen LogP contribution in [0.5, 0.6) is 0 Å². The fraction of sp³-hybridized carbons (Fsp3) is 0.900. The first-order chi connectivity index (χ1) is 8.29. The third-order valence-corrected chi connectivity index (χ3v) is 4.37. The lowest BCUT2D eigenvalue weighted by Crippen LogP contribution is -2.44. The van der Waals surface area contributed by atoms with Crippen LogP contribution in [0, 0.1) is 0 Å². The number of thiocarbonyl (C=S) groups is 1. The van der Waals surface area contributed by atoms with Crippen LogP contribution in [0.2, 0.25) is 0 Å². The predicted octanol–water partition coefficient (Wildman–Crippen LogP) is 1.08. The fourth-order valence-corrected chi connectivity index (χ4v) is 3.36. The van der Waals surface area contributed by atoms with Gasteiger partial charge >= 0.3 is 0 Å². The van der Waals surface area contributed by atoms with Crippen molar-refractivity contribution < 1.29 is 18.1 Å². The van der Waals surface area contributed by atoms with Gasteiger partial charge in [0.05, 0.1) is 6.10 Å². The maximum Gasteiger partial charge on any atom is 0.267 e. The average molecular weight is 313 g/mol. The van der Waals surface area contributed by atoms with Crippen molar-refractivity contribution in [3.05, 3.63) is 0 Å². The van der Waals surface area contributed by atoms with Gasteiger partial charge in [0, 0.05) is 12.6 Å². The molecule has 0 bridgehead atoms. The van der Waals surface area contributed by atoms with Gasteiger partial charge in [-0.15, -0.1) is 12.6 Å². The van der Waals surface area contributed by atoms with Crippen molar-refractivity contribution in [2.45, 2.75) is 44.2 Å². The molecule has 0 aromatic heterocycles. The SMILES string of the molecule is O=S(=O)(O)CC(O)CN(C(=S)S)C1CCCCC1. The minimum atomic E-state index is -4.17.